The molecule has 0 aromatic heterocycles. The molecule has 17 heavy (non-hydrogen) atoms. The summed E-state index contributed by atoms with van der Waals surface area (Å²) in [6.07, 6.45) is 2.10. The van der Waals surface area contributed by atoms with Crippen LogP contribution in [0.15, 0.2) is 0 Å². The van der Waals surface area contributed by atoms with Gasteiger partial charge in [0.2, 0.25) is 10.0 Å². The first-order chi connectivity index (χ1) is 7.93. The van der Waals surface area contributed by atoms with E-state index in [0.717, 1.165) is 6.42 Å². The van der Waals surface area contributed by atoms with E-state index < -0.39 is 10.0 Å². The van der Waals surface area contributed by atoms with Gasteiger partial charge in [-0.3, -0.25) is 0 Å². The van der Waals surface area contributed by atoms with Gasteiger partial charge in [-0.2, -0.15) is 0 Å². The predicted molar refractivity (Wildman–Crippen MR) is 70.5 cm³/mol. The normalized spacial score (nSPS) is 14.2. The van der Waals surface area contributed by atoms with Crippen LogP contribution in [-0.2, 0) is 10.0 Å². The molecular formula is C11H26N2O3S. The van der Waals surface area contributed by atoms with E-state index in [1.54, 1.807) is 0 Å². The molecule has 0 aliphatic heterocycles. The number of aliphatic hydroxyl groups is 1. The number of hydrogen-bond donors (Lipinski definition) is 2. The molecule has 0 fully saturated rings. The molecule has 0 aromatic rings. The number of aliphatic hydroxyl groups excluding tert-OH is 1. The third kappa shape index (κ3) is 8.54. The van der Waals surface area contributed by atoms with Crippen LogP contribution < -0.4 is 4.72 Å². The van der Waals surface area contributed by atoms with E-state index in [1.165, 1.54) is 0 Å². The molecule has 5 nitrogen and oxygen atoms in total. The largest absolute Gasteiger partial charge is 0.396 e. The molecule has 0 aliphatic rings. The molecule has 0 spiro atoms. The van der Waals surface area contributed by atoms with Crippen molar-refractivity contribution in [1.82, 2.24) is 9.62 Å². The van der Waals surface area contributed by atoms with Crippen LogP contribution in [0, 0.1) is 0 Å². The van der Waals surface area contributed by atoms with E-state index in [9.17, 15) is 8.42 Å². The molecule has 0 bridgehead atoms. The Morgan fingerprint density at radius 2 is 2.00 bits per heavy atom. The molecule has 0 amide bonds. The smallest absolute Gasteiger partial charge is 0.211 e. The number of nitrogens with one attached hydrogen (secondary N) is 1. The molecular weight excluding hydrogens is 240 g/mol. The molecule has 0 radical (unpaired) electrons. The molecule has 0 heterocycles. The van der Waals surface area contributed by atoms with E-state index in [2.05, 4.69) is 23.5 Å². The minimum absolute atomic E-state index is 0.0479. The molecule has 0 saturated heterocycles. The van der Waals surface area contributed by atoms with Gasteiger partial charge < -0.3 is 10.0 Å². The quantitative estimate of drug-likeness (QED) is 0.562. The fourth-order valence-electron chi connectivity index (χ4n) is 1.39. The maximum atomic E-state index is 11.5. The van der Waals surface area contributed by atoms with Crippen molar-refractivity contribution in [2.45, 2.75) is 39.2 Å². The summed E-state index contributed by atoms with van der Waals surface area (Å²) in [7, 11) is -1.18. The Morgan fingerprint density at radius 1 is 1.35 bits per heavy atom. The SMILES string of the molecule is CCC(C)N(C)CCNS(=O)(=O)CCCCO. The second-order valence-electron chi connectivity index (χ2n) is 4.38. The van der Waals surface area contributed by atoms with Gasteiger partial charge in [-0.25, -0.2) is 13.1 Å². The average Bonchev–Trinajstić information content (AvgIpc) is 2.27. The lowest BCUT2D eigenvalue weighted by Gasteiger charge is -2.23. The molecule has 0 saturated carbocycles. The summed E-state index contributed by atoms with van der Waals surface area (Å²) in [6, 6.07) is 0.467. The highest BCUT2D eigenvalue weighted by molar-refractivity contribution is 7.89. The van der Waals surface area contributed by atoms with Crippen molar-refractivity contribution in [3.8, 4) is 0 Å². The van der Waals surface area contributed by atoms with Gasteiger partial charge in [-0.1, -0.05) is 6.92 Å². The summed E-state index contributed by atoms with van der Waals surface area (Å²) in [6.45, 7) is 5.44. The van der Waals surface area contributed by atoms with Gasteiger partial charge in [0.05, 0.1) is 5.75 Å². The highest BCUT2D eigenvalue weighted by Gasteiger charge is 2.11. The molecule has 2 N–H and O–H groups in total. The number of likely N-dealkylation sites (N-methyl/N-ethyl adjacent to an activating group) is 1. The van der Waals surface area contributed by atoms with Gasteiger partial charge in [-0.15, -0.1) is 0 Å². The van der Waals surface area contributed by atoms with Crippen LogP contribution >= 0.6 is 0 Å². The lowest BCUT2D eigenvalue weighted by atomic mass is 10.2. The summed E-state index contributed by atoms with van der Waals surface area (Å²) < 4.78 is 25.6. The molecule has 0 aromatic carbocycles. The number of hydrogen-bond acceptors (Lipinski definition) is 4. The van der Waals surface area contributed by atoms with Gasteiger partial charge in [0.1, 0.15) is 0 Å². The van der Waals surface area contributed by atoms with Crippen LogP contribution in [0.2, 0.25) is 0 Å². The van der Waals surface area contributed by atoms with Crippen molar-refractivity contribution in [1.29, 1.82) is 0 Å². The van der Waals surface area contributed by atoms with Crippen LogP contribution in [-0.4, -0.2) is 57.0 Å². The van der Waals surface area contributed by atoms with E-state index >= 15 is 0 Å². The number of rotatable bonds is 10. The van der Waals surface area contributed by atoms with Crippen molar-refractivity contribution < 1.29 is 13.5 Å². The minimum atomic E-state index is -3.17. The van der Waals surface area contributed by atoms with Crippen LogP contribution in [0.5, 0.6) is 0 Å². The van der Waals surface area contributed by atoms with E-state index in [0.29, 0.717) is 32.0 Å². The molecule has 6 heteroatoms. The zero-order valence-corrected chi connectivity index (χ0v) is 12.0. The first-order valence-electron chi connectivity index (χ1n) is 6.21. The van der Waals surface area contributed by atoms with Gasteiger partial charge in [0.15, 0.2) is 0 Å². The summed E-state index contributed by atoms with van der Waals surface area (Å²) in [5.41, 5.74) is 0. The van der Waals surface area contributed by atoms with Gasteiger partial charge in [-0.05, 0) is 33.2 Å². The van der Waals surface area contributed by atoms with E-state index in [4.69, 9.17) is 5.11 Å². The fraction of sp³-hybridized carbons (Fsp3) is 1.00. The van der Waals surface area contributed by atoms with Gasteiger partial charge in [0, 0.05) is 25.7 Å². The molecule has 1 atom stereocenters. The molecule has 104 valence electrons. The summed E-state index contributed by atoms with van der Waals surface area (Å²) >= 11 is 0. The first-order valence-corrected chi connectivity index (χ1v) is 7.86. The Morgan fingerprint density at radius 3 is 2.53 bits per heavy atom. The van der Waals surface area contributed by atoms with Crippen LogP contribution in [0.4, 0.5) is 0 Å². The van der Waals surface area contributed by atoms with Crippen LogP contribution in [0.1, 0.15) is 33.1 Å². The zero-order chi connectivity index (χ0) is 13.3. The highest BCUT2D eigenvalue weighted by Crippen LogP contribution is 1.99. The average molecular weight is 266 g/mol. The second-order valence-corrected chi connectivity index (χ2v) is 6.31. The van der Waals surface area contributed by atoms with Crippen molar-refractivity contribution in [3.63, 3.8) is 0 Å². The Kier molecular flexibility index (Phi) is 8.77. The van der Waals surface area contributed by atoms with Crippen molar-refractivity contribution >= 4 is 10.0 Å². The van der Waals surface area contributed by atoms with Crippen LogP contribution in [0.3, 0.4) is 0 Å². The third-order valence-corrected chi connectivity index (χ3v) is 4.42. The van der Waals surface area contributed by atoms with Gasteiger partial charge in [0.25, 0.3) is 0 Å². The minimum Gasteiger partial charge on any atom is -0.396 e. The lowest BCUT2D eigenvalue weighted by molar-refractivity contribution is 0.256. The third-order valence-electron chi connectivity index (χ3n) is 2.95. The Hall–Kier alpha value is -0.170. The first kappa shape index (κ1) is 16.8. The standard InChI is InChI=1S/C11H26N2O3S/c1-4-11(2)13(3)8-7-12-17(15,16)10-6-5-9-14/h11-12,14H,4-10H2,1-3H3. The number of unbranched alkanes of at least 4 members (excludes halogenated alkanes) is 1. The number of sulfonamides is 1. The monoisotopic (exact) mass is 266 g/mol. The maximum Gasteiger partial charge on any atom is 0.211 e. The highest BCUT2D eigenvalue weighted by atomic mass is 32.2. The van der Waals surface area contributed by atoms with Gasteiger partial charge >= 0.3 is 0 Å². The van der Waals surface area contributed by atoms with E-state index in [-0.39, 0.29) is 12.4 Å². The second kappa shape index (κ2) is 8.85. The fourth-order valence-corrected chi connectivity index (χ4v) is 2.52. The van der Waals surface area contributed by atoms with Crippen molar-refractivity contribution in [2.75, 3.05) is 32.5 Å². The number of nitrogens with zero attached hydrogens (tertiary/aromatic N) is 1. The Labute approximate surface area is 105 Å². The van der Waals surface area contributed by atoms with Crippen LogP contribution in [0.25, 0.3) is 0 Å². The molecule has 0 rings (SSSR count). The molecule has 1 unspecified atom stereocenters. The van der Waals surface area contributed by atoms with E-state index in [1.807, 2.05) is 7.05 Å². The topological polar surface area (TPSA) is 69.6 Å². The summed E-state index contributed by atoms with van der Waals surface area (Å²) in [5, 5.41) is 8.58. The Balaban J connectivity index is 3.79. The predicted octanol–water partition coefficient (Wildman–Crippen LogP) is 0.409. The molecule has 0 aliphatic carbocycles. The Bertz CT molecular complexity index is 280. The lowest BCUT2D eigenvalue weighted by Crippen LogP contribution is -2.37. The van der Waals surface area contributed by atoms with Crippen molar-refractivity contribution in [2.24, 2.45) is 0 Å². The van der Waals surface area contributed by atoms with Crippen molar-refractivity contribution in [3.05, 3.63) is 0 Å². The maximum absolute atomic E-state index is 11.5. The zero-order valence-electron chi connectivity index (χ0n) is 11.1. The summed E-state index contributed by atoms with van der Waals surface area (Å²) in [4.78, 5) is 2.14. The summed E-state index contributed by atoms with van der Waals surface area (Å²) in [5.74, 6) is 0.0978.